The predicted molar refractivity (Wildman–Crippen MR) is 77.6 cm³/mol. The van der Waals surface area contributed by atoms with Gasteiger partial charge in [-0.25, -0.2) is 9.59 Å². The van der Waals surface area contributed by atoms with Crippen LogP contribution < -0.4 is 5.32 Å². The second-order valence-corrected chi connectivity index (χ2v) is 6.52. The summed E-state index contributed by atoms with van der Waals surface area (Å²) in [4.78, 5) is 22.5. The number of carbonyl (C=O) groups excluding carboxylic acids is 1. The van der Waals surface area contributed by atoms with Crippen molar-refractivity contribution in [1.82, 2.24) is 5.32 Å². The van der Waals surface area contributed by atoms with Crippen molar-refractivity contribution in [2.24, 2.45) is 0 Å². The van der Waals surface area contributed by atoms with Crippen LogP contribution in [0.3, 0.4) is 0 Å². The largest absolute Gasteiger partial charge is 0.479 e. The van der Waals surface area contributed by atoms with Crippen molar-refractivity contribution in [3.8, 4) is 0 Å². The van der Waals surface area contributed by atoms with Crippen LogP contribution in [0.1, 0.15) is 11.6 Å². The van der Waals surface area contributed by atoms with E-state index in [0.29, 0.717) is 5.56 Å². The lowest BCUT2D eigenvalue weighted by Crippen LogP contribution is -2.41. The van der Waals surface area contributed by atoms with E-state index in [-0.39, 0.29) is 0 Å². The zero-order chi connectivity index (χ0) is 16.0. The Bertz CT molecular complexity index is 491. The highest BCUT2D eigenvalue weighted by Crippen LogP contribution is 2.26. The van der Waals surface area contributed by atoms with E-state index in [1.165, 1.54) is 0 Å². The van der Waals surface area contributed by atoms with E-state index in [9.17, 15) is 14.7 Å². The number of amides is 1. The summed E-state index contributed by atoms with van der Waals surface area (Å²) in [6, 6.07) is 6.86. The summed E-state index contributed by atoms with van der Waals surface area (Å²) in [6.07, 6.45) is -2.87. The van der Waals surface area contributed by atoms with Crippen molar-refractivity contribution >= 4 is 46.9 Å². The monoisotopic (exact) mass is 355 g/mol. The summed E-state index contributed by atoms with van der Waals surface area (Å²) in [5.74, 6) is -1.49. The molecule has 0 bridgehead atoms. The molecule has 9 heteroatoms. The topological polar surface area (TPSA) is 95.9 Å². The van der Waals surface area contributed by atoms with Crippen LogP contribution in [0.4, 0.5) is 4.79 Å². The van der Waals surface area contributed by atoms with Crippen LogP contribution in [-0.2, 0) is 9.53 Å². The van der Waals surface area contributed by atoms with Crippen molar-refractivity contribution in [3.63, 3.8) is 0 Å². The molecule has 0 fully saturated rings. The average Bonchev–Trinajstić information content (AvgIpc) is 2.42. The molecular formula is C12H12Cl3NO5. The van der Waals surface area contributed by atoms with Gasteiger partial charge < -0.3 is 20.3 Å². The van der Waals surface area contributed by atoms with Crippen molar-refractivity contribution in [3.05, 3.63) is 35.9 Å². The van der Waals surface area contributed by atoms with Crippen molar-refractivity contribution in [1.29, 1.82) is 0 Å². The Morgan fingerprint density at radius 2 is 1.81 bits per heavy atom. The highest BCUT2D eigenvalue weighted by atomic mass is 35.6. The summed E-state index contributed by atoms with van der Waals surface area (Å²) >= 11 is 16.3. The smallest absolute Gasteiger partial charge is 0.407 e. The van der Waals surface area contributed by atoms with Gasteiger partial charge >= 0.3 is 12.1 Å². The number of alkyl halides is 3. The number of carboxylic acid groups (broad SMARTS) is 1. The third-order valence-corrected chi connectivity index (χ3v) is 2.70. The van der Waals surface area contributed by atoms with Gasteiger partial charge in [0.05, 0.1) is 6.04 Å². The number of ether oxygens (including phenoxy) is 1. The lowest BCUT2D eigenvalue weighted by Gasteiger charge is -2.22. The molecule has 2 unspecified atom stereocenters. The Hall–Kier alpha value is -1.21. The van der Waals surface area contributed by atoms with Crippen LogP contribution >= 0.6 is 34.8 Å². The highest BCUT2D eigenvalue weighted by Gasteiger charge is 2.30. The van der Waals surface area contributed by atoms with Crippen molar-refractivity contribution in [2.45, 2.75) is 15.9 Å². The third kappa shape index (κ3) is 6.39. The lowest BCUT2D eigenvalue weighted by atomic mass is 10.0. The normalized spacial score (nSPS) is 14.1. The number of carbonyl (C=O) groups is 2. The molecule has 0 saturated heterocycles. The predicted octanol–water partition coefficient (Wildman–Crippen LogP) is 2.27. The molecule has 0 aliphatic rings. The van der Waals surface area contributed by atoms with Gasteiger partial charge in [-0.3, -0.25) is 0 Å². The number of aliphatic hydroxyl groups excluding tert-OH is 1. The van der Waals surface area contributed by atoms with E-state index in [4.69, 9.17) is 39.9 Å². The zero-order valence-electron chi connectivity index (χ0n) is 10.5. The minimum Gasteiger partial charge on any atom is -0.479 e. The molecule has 0 radical (unpaired) electrons. The molecule has 6 nitrogen and oxygen atoms in total. The standard InChI is InChI=1S/C12H12Cl3NO5/c13-12(14,15)6-21-11(20)16-8(9(17)10(18)19)7-4-2-1-3-5-7/h1-5,8-9,17H,6H2,(H,16,20)(H,18,19). The Kier molecular flexibility index (Phi) is 6.54. The van der Waals surface area contributed by atoms with Gasteiger partial charge in [0.15, 0.2) is 6.10 Å². The Morgan fingerprint density at radius 1 is 1.24 bits per heavy atom. The van der Waals surface area contributed by atoms with E-state index >= 15 is 0 Å². The van der Waals surface area contributed by atoms with Crippen LogP contribution in [-0.4, -0.2) is 38.8 Å². The summed E-state index contributed by atoms with van der Waals surface area (Å²) in [5.41, 5.74) is 0.387. The van der Waals surface area contributed by atoms with Gasteiger partial charge in [-0.2, -0.15) is 0 Å². The second-order valence-electron chi connectivity index (χ2n) is 4.01. The molecule has 1 aromatic rings. The van der Waals surface area contributed by atoms with Gasteiger partial charge in [0.25, 0.3) is 0 Å². The number of nitrogens with one attached hydrogen (secondary N) is 1. The lowest BCUT2D eigenvalue weighted by molar-refractivity contribution is -0.148. The Morgan fingerprint density at radius 3 is 2.29 bits per heavy atom. The number of aliphatic carboxylic acids is 1. The first-order valence-corrected chi connectivity index (χ1v) is 6.80. The van der Waals surface area contributed by atoms with Crippen LogP contribution in [0.15, 0.2) is 30.3 Å². The first-order valence-electron chi connectivity index (χ1n) is 5.66. The summed E-state index contributed by atoms with van der Waals surface area (Å²) in [5, 5.41) is 20.8. The number of hydrogen-bond donors (Lipinski definition) is 3. The van der Waals surface area contributed by atoms with E-state index < -0.39 is 34.6 Å². The molecule has 0 aliphatic heterocycles. The number of carboxylic acids is 1. The summed E-state index contributed by atoms with van der Waals surface area (Å²) in [6.45, 7) is -0.520. The molecule has 116 valence electrons. The number of hydrogen-bond acceptors (Lipinski definition) is 4. The Labute approximate surface area is 135 Å². The molecule has 0 heterocycles. The molecular weight excluding hydrogens is 344 g/mol. The van der Waals surface area contributed by atoms with Crippen LogP contribution in [0, 0.1) is 0 Å². The number of benzene rings is 1. The van der Waals surface area contributed by atoms with Gasteiger partial charge in [-0.1, -0.05) is 65.1 Å². The van der Waals surface area contributed by atoms with Crippen LogP contribution in [0.25, 0.3) is 0 Å². The van der Waals surface area contributed by atoms with Crippen molar-refractivity contribution < 1.29 is 24.5 Å². The number of alkyl carbamates (subject to hydrolysis) is 1. The van der Waals surface area contributed by atoms with E-state index in [1.54, 1.807) is 30.3 Å². The molecule has 1 amide bonds. The minimum atomic E-state index is -1.85. The molecule has 1 rings (SSSR count). The molecule has 0 aromatic heterocycles. The van der Waals surface area contributed by atoms with E-state index in [0.717, 1.165) is 0 Å². The number of halogens is 3. The third-order valence-electron chi connectivity index (χ3n) is 2.37. The fraction of sp³-hybridized carbons (Fsp3) is 0.333. The van der Waals surface area contributed by atoms with Crippen molar-refractivity contribution in [2.75, 3.05) is 6.61 Å². The first-order chi connectivity index (χ1) is 9.70. The van der Waals surface area contributed by atoms with E-state index in [1.807, 2.05) is 0 Å². The quantitative estimate of drug-likeness (QED) is 0.703. The summed E-state index contributed by atoms with van der Waals surface area (Å²) < 4.78 is 2.85. The first kappa shape index (κ1) is 17.8. The zero-order valence-corrected chi connectivity index (χ0v) is 12.8. The van der Waals surface area contributed by atoms with Gasteiger partial charge in [0, 0.05) is 0 Å². The molecule has 0 aliphatic carbocycles. The minimum absolute atomic E-state index is 0.387. The number of aliphatic hydroxyl groups is 1. The van der Waals surface area contributed by atoms with E-state index in [2.05, 4.69) is 10.1 Å². The summed E-state index contributed by atoms with van der Waals surface area (Å²) in [7, 11) is 0. The average molecular weight is 357 g/mol. The maximum Gasteiger partial charge on any atom is 0.407 e. The number of rotatable bonds is 5. The molecule has 3 N–H and O–H groups in total. The molecule has 0 saturated carbocycles. The maximum atomic E-state index is 11.6. The molecule has 0 spiro atoms. The van der Waals surface area contributed by atoms with Gasteiger partial charge in [-0.05, 0) is 5.56 Å². The van der Waals surface area contributed by atoms with Crippen LogP contribution in [0.2, 0.25) is 0 Å². The second kappa shape index (κ2) is 7.70. The fourth-order valence-corrected chi connectivity index (χ4v) is 1.63. The highest BCUT2D eigenvalue weighted by molar-refractivity contribution is 6.67. The molecule has 1 aromatic carbocycles. The maximum absolute atomic E-state index is 11.6. The van der Waals surface area contributed by atoms with Gasteiger partial charge in [0.1, 0.15) is 6.61 Å². The SMILES string of the molecule is O=C(NC(c1ccccc1)C(O)C(=O)O)OCC(Cl)(Cl)Cl. The Balaban J connectivity index is 2.79. The van der Waals surface area contributed by atoms with Gasteiger partial charge in [0.2, 0.25) is 3.79 Å². The molecule has 21 heavy (non-hydrogen) atoms. The van der Waals surface area contributed by atoms with Crippen LogP contribution in [0.5, 0.6) is 0 Å². The van der Waals surface area contributed by atoms with Gasteiger partial charge in [-0.15, -0.1) is 0 Å². The molecule has 2 atom stereocenters. The fourth-order valence-electron chi connectivity index (χ4n) is 1.46.